The first-order valence-electron chi connectivity index (χ1n) is 10.6. The van der Waals surface area contributed by atoms with E-state index in [2.05, 4.69) is 39.2 Å². The van der Waals surface area contributed by atoms with Crippen LogP contribution in [0.5, 0.6) is 5.75 Å². The molecular formula is C22H27N5O4. The summed E-state index contributed by atoms with van der Waals surface area (Å²) in [5, 5.41) is 27.0. The predicted octanol–water partition coefficient (Wildman–Crippen LogP) is 1.69. The lowest BCUT2D eigenvalue weighted by Crippen LogP contribution is -2.38. The second-order valence-corrected chi connectivity index (χ2v) is 8.21. The van der Waals surface area contributed by atoms with E-state index < -0.39 is 17.1 Å². The van der Waals surface area contributed by atoms with E-state index in [-0.39, 0.29) is 24.4 Å². The zero-order valence-electron chi connectivity index (χ0n) is 17.5. The van der Waals surface area contributed by atoms with Gasteiger partial charge in [-0.3, -0.25) is 14.3 Å². The Kier molecular flexibility index (Phi) is 5.77. The highest BCUT2D eigenvalue weighted by molar-refractivity contribution is 5.92. The number of hydrogen-bond donors (Lipinski definition) is 3. The summed E-state index contributed by atoms with van der Waals surface area (Å²) in [7, 11) is 0. The number of aryl methyl sites for hydroxylation is 1. The van der Waals surface area contributed by atoms with Crippen LogP contribution < -0.4 is 10.7 Å². The highest BCUT2D eigenvalue weighted by Crippen LogP contribution is 2.40. The first-order chi connectivity index (χ1) is 14.9. The van der Waals surface area contributed by atoms with Crippen LogP contribution in [0.1, 0.15) is 48.2 Å². The van der Waals surface area contributed by atoms with Gasteiger partial charge in [-0.25, -0.2) is 4.98 Å². The largest absolute Gasteiger partial charge is 0.503 e. The van der Waals surface area contributed by atoms with Crippen LogP contribution in [0.25, 0.3) is 11.0 Å². The molecule has 9 heteroatoms. The molecule has 31 heavy (non-hydrogen) atoms. The summed E-state index contributed by atoms with van der Waals surface area (Å²) >= 11 is 0. The molecule has 3 aromatic heterocycles. The first-order valence-corrected chi connectivity index (χ1v) is 10.6. The smallest absolute Gasteiger partial charge is 0.275 e. The topological polar surface area (TPSA) is 122 Å². The van der Waals surface area contributed by atoms with Crippen LogP contribution in [0.15, 0.2) is 35.5 Å². The molecule has 0 radical (unpaired) electrons. The SMILES string of the molecule is Cc1cn(C2(Cn3cc(O)c(=O)c(C(=O)NCCCO)n3)CCCC2)c2ncccc12. The third-order valence-electron chi connectivity index (χ3n) is 6.05. The fraction of sp³-hybridized carbons (Fsp3) is 0.455. The fourth-order valence-electron chi connectivity index (χ4n) is 4.51. The molecule has 0 aliphatic heterocycles. The standard InChI is InChI=1S/C22H27N5O4/c1-15-12-27(20-16(15)6-4-9-23-20)22(7-2-3-8-22)14-26-13-17(29)19(30)18(25-26)21(31)24-10-5-11-28/h4,6,9,12-13,28-29H,2-3,5,7-8,10-11,14H2,1H3,(H,24,31). The third kappa shape index (κ3) is 3.93. The summed E-state index contributed by atoms with van der Waals surface area (Å²) < 4.78 is 3.69. The van der Waals surface area contributed by atoms with Gasteiger partial charge in [-0.1, -0.05) is 12.8 Å². The summed E-state index contributed by atoms with van der Waals surface area (Å²) in [4.78, 5) is 29.3. The van der Waals surface area contributed by atoms with Crippen LogP contribution in [0, 0.1) is 6.92 Å². The molecule has 0 aromatic carbocycles. The molecule has 1 amide bonds. The van der Waals surface area contributed by atoms with Gasteiger partial charge < -0.3 is 20.1 Å². The van der Waals surface area contributed by atoms with E-state index in [1.165, 1.54) is 10.9 Å². The summed E-state index contributed by atoms with van der Waals surface area (Å²) in [5.74, 6) is -1.17. The van der Waals surface area contributed by atoms with Crippen LogP contribution >= 0.6 is 0 Å². The molecule has 1 fully saturated rings. The van der Waals surface area contributed by atoms with E-state index in [9.17, 15) is 14.7 Å². The van der Waals surface area contributed by atoms with Crippen molar-refractivity contribution < 1.29 is 15.0 Å². The number of aromatic hydroxyl groups is 1. The minimum atomic E-state index is -0.804. The van der Waals surface area contributed by atoms with Crippen LogP contribution in [-0.4, -0.2) is 48.6 Å². The number of rotatable bonds is 7. The van der Waals surface area contributed by atoms with Crippen molar-refractivity contribution in [1.29, 1.82) is 0 Å². The maximum absolute atomic E-state index is 12.4. The molecule has 0 spiro atoms. The quantitative estimate of drug-likeness (QED) is 0.495. The van der Waals surface area contributed by atoms with Gasteiger partial charge in [-0.05, 0) is 43.9 Å². The number of hydrogen-bond acceptors (Lipinski definition) is 6. The molecule has 0 bridgehead atoms. The van der Waals surface area contributed by atoms with Crippen molar-refractivity contribution in [3.63, 3.8) is 0 Å². The summed E-state index contributed by atoms with van der Waals surface area (Å²) in [6.45, 7) is 2.61. The number of aliphatic hydroxyl groups excluding tert-OH is 1. The lowest BCUT2D eigenvalue weighted by Gasteiger charge is -2.32. The summed E-state index contributed by atoms with van der Waals surface area (Å²) in [6.07, 6.45) is 9.44. The maximum atomic E-state index is 12.4. The number of aliphatic hydroxyl groups is 1. The van der Waals surface area contributed by atoms with Gasteiger partial charge in [-0.15, -0.1) is 0 Å². The molecule has 0 atom stereocenters. The number of amides is 1. The Hall–Kier alpha value is -3.20. The summed E-state index contributed by atoms with van der Waals surface area (Å²) in [6, 6.07) is 3.97. The van der Waals surface area contributed by atoms with Crippen LogP contribution in [-0.2, 0) is 12.1 Å². The maximum Gasteiger partial charge on any atom is 0.275 e. The fourth-order valence-corrected chi connectivity index (χ4v) is 4.51. The van der Waals surface area contributed by atoms with E-state index >= 15 is 0 Å². The molecule has 0 unspecified atom stereocenters. The van der Waals surface area contributed by atoms with Gasteiger partial charge in [0.25, 0.3) is 11.3 Å². The number of fused-ring (bicyclic) bond motifs is 1. The van der Waals surface area contributed by atoms with Crippen molar-refractivity contribution in [2.75, 3.05) is 13.2 Å². The van der Waals surface area contributed by atoms with Gasteiger partial charge in [-0.2, -0.15) is 5.10 Å². The van der Waals surface area contributed by atoms with Crippen LogP contribution in [0.2, 0.25) is 0 Å². The molecule has 9 nitrogen and oxygen atoms in total. The third-order valence-corrected chi connectivity index (χ3v) is 6.05. The van der Waals surface area contributed by atoms with Gasteiger partial charge in [0.05, 0.1) is 18.3 Å². The van der Waals surface area contributed by atoms with Crippen molar-refractivity contribution in [2.24, 2.45) is 0 Å². The Balaban J connectivity index is 1.72. The van der Waals surface area contributed by atoms with Crippen LogP contribution in [0.3, 0.4) is 0 Å². The van der Waals surface area contributed by atoms with E-state index in [1.807, 2.05) is 6.07 Å². The minimum absolute atomic E-state index is 0.0707. The van der Waals surface area contributed by atoms with Gasteiger partial charge in [0.15, 0.2) is 11.4 Å². The zero-order chi connectivity index (χ0) is 22.0. The summed E-state index contributed by atoms with van der Waals surface area (Å²) in [5.41, 5.74) is 0.558. The van der Waals surface area contributed by atoms with Crippen molar-refractivity contribution in [3.8, 4) is 5.75 Å². The number of nitrogens with zero attached hydrogens (tertiary/aromatic N) is 4. The van der Waals surface area contributed by atoms with Crippen LogP contribution in [0.4, 0.5) is 0 Å². The molecule has 0 saturated heterocycles. The average molecular weight is 425 g/mol. The van der Waals surface area contributed by atoms with Crippen molar-refractivity contribution in [1.82, 2.24) is 24.6 Å². The first kappa shape index (κ1) is 21.0. The number of aromatic nitrogens is 4. The van der Waals surface area contributed by atoms with E-state index in [0.717, 1.165) is 42.3 Å². The van der Waals surface area contributed by atoms with Gasteiger partial charge in [0, 0.05) is 30.9 Å². The molecule has 164 valence electrons. The molecule has 4 rings (SSSR count). The average Bonchev–Trinajstić information content (AvgIpc) is 3.36. The zero-order valence-corrected chi connectivity index (χ0v) is 17.5. The molecular weight excluding hydrogens is 398 g/mol. The second kappa shape index (κ2) is 8.50. The Morgan fingerprint density at radius 2 is 2.06 bits per heavy atom. The highest BCUT2D eigenvalue weighted by Gasteiger charge is 2.38. The Morgan fingerprint density at radius 3 is 2.81 bits per heavy atom. The monoisotopic (exact) mass is 425 g/mol. The molecule has 1 aliphatic carbocycles. The molecule has 3 N–H and O–H groups in total. The lowest BCUT2D eigenvalue weighted by atomic mass is 9.97. The van der Waals surface area contributed by atoms with Gasteiger partial charge in [0.1, 0.15) is 5.65 Å². The highest BCUT2D eigenvalue weighted by atomic mass is 16.3. The predicted molar refractivity (Wildman–Crippen MR) is 115 cm³/mol. The lowest BCUT2D eigenvalue weighted by molar-refractivity contribution is 0.0940. The second-order valence-electron chi connectivity index (χ2n) is 8.21. The van der Waals surface area contributed by atoms with Crippen molar-refractivity contribution in [2.45, 2.75) is 51.1 Å². The normalized spacial score (nSPS) is 15.4. The molecule has 3 aromatic rings. The Morgan fingerprint density at radius 1 is 1.29 bits per heavy atom. The molecule has 3 heterocycles. The molecule has 1 aliphatic rings. The molecule has 1 saturated carbocycles. The Bertz CT molecular complexity index is 1160. The number of carbonyl (C=O) groups is 1. The van der Waals surface area contributed by atoms with Crippen molar-refractivity contribution in [3.05, 3.63) is 52.2 Å². The number of nitrogens with one attached hydrogen (secondary N) is 1. The number of carbonyl (C=O) groups excluding carboxylic acids is 1. The van der Waals surface area contributed by atoms with E-state index in [4.69, 9.17) is 5.11 Å². The van der Waals surface area contributed by atoms with E-state index in [1.54, 1.807) is 6.20 Å². The van der Waals surface area contributed by atoms with E-state index in [0.29, 0.717) is 13.0 Å². The van der Waals surface area contributed by atoms with Gasteiger partial charge >= 0.3 is 0 Å². The minimum Gasteiger partial charge on any atom is -0.503 e. The van der Waals surface area contributed by atoms with Crippen molar-refractivity contribution >= 4 is 16.9 Å². The Labute approximate surface area is 179 Å². The van der Waals surface area contributed by atoms with Gasteiger partial charge in [0.2, 0.25) is 0 Å². The number of pyridine rings is 1.